The van der Waals surface area contributed by atoms with Gasteiger partial charge in [0.05, 0.1) is 37.4 Å². The summed E-state index contributed by atoms with van der Waals surface area (Å²) in [5, 5.41) is 13.1. The lowest BCUT2D eigenvalue weighted by Crippen LogP contribution is -2.03. The van der Waals surface area contributed by atoms with E-state index in [0.29, 0.717) is 12.3 Å². The standard InChI is InChI=1S/C18H18N6O3/c1-22-9-12(7-19-22)15-6-16(13-8-20-23(2)10-13)24(21-15)11-14-4-5-17(27-14)18(25)26-3/h4-10H,11H2,1-3H3. The van der Waals surface area contributed by atoms with Crippen molar-refractivity contribution in [3.8, 4) is 22.5 Å². The molecule has 0 bridgehead atoms. The highest BCUT2D eigenvalue weighted by atomic mass is 16.5. The van der Waals surface area contributed by atoms with E-state index in [9.17, 15) is 4.79 Å². The van der Waals surface area contributed by atoms with Crippen LogP contribution in [-0.4, -0.2) is 42.4 Å². The molecule has 0 saturated carbocycles. The predicted octanol–water partition coefficient (Wildman–Crippen LogP) is 2.11. The molecule has 0 amide bonds. The molecule has 0 N–H and O–H groups in total. The fourth-order valence-corrected chi connectivity index (χ4v) is 2.84. The Morgan fingerprint density at radius 2 is 1.81 bits per heavy atom. The highest BCUT2D eigenvalue weighted by Gasteiger charge is 2.17. The van der Waals surface area contributed by atoms with E-state index in [-0.39, 0.29) is 5.76 Å². The number of carbonyl (C=O) groups excluding carboxylic acids is 1. The summed E-state index contributed by atoms with van der Waals surface area (Å²) >= 11 is 0. The third-order valence-corrected chi connectivity index (χ3v) is 4.14. The second-order valence-electron chi connectivity index (χ2n) is 6.14. The van der Waals surface area contributed by atoms with Gasteiger partial charge in [0, 0.05) is 37.6 Å². The molecule has 0 radical (unpaired) electrons. The van der Waals surface area contributed by atoms with Gasteiger partial charge in [-0.3, -0.25) is 14.0 Å². The summed E-state index contributed by atoms with van der Waals surface area (Å²) in [5.41, 5.74) is 3.52. The molecule has 4 aromatic rings. The summed E-state index contributed by atoms with van der Waals surface area (Å²) in [7, 11) is 5.04. The second kappa shape index (κ2) is 6.60. The minimum Gasteiger partial charge on any atom is -0.463 e. The summed E-state index contributed by atoms with van der Waals surface area (Å²) in [6.07, 6.45) is 7.37. The number of aryl methyl sites for hydroxylation is 2. The monoisotopic (exact) mass is 366 g/mol. The third-order valence-electron chi connectivity index (χ3n) is 4.14. The molecule has 0 spiro atoms. The molecular formula is C18H18N6O3. The normalized spacial score (nSPS) is 11.1. The Bertz CT molecular complexity index is 1100. The number of furan rings is 1. The topological polar surface area (TPSA) is 92.9 Å². The fraction of sp³-hybridized carbons (Fsp3) is 0.222. The minimum atomic E-state index is -0.509. The zero-order valence-corrected chi connectivity index (χ0v) is 15.2. The average molecular weight is 366 g/mol. The van der Waals surface area contributed by atoms with Crippen LogP contribution in [0.3, 0.4) is 0 Å². The first kappa shape index (κ1) is 16.8. The van der Waals surface area contributed by atoms with Crippen LogP contribution in [0.2, 0.25) is 0 Å². The minimum absolute atomic E-state index is 0.162. The second-order valence-corrected chi connectivity index (χ2v) is 6.14. The van der Waals surface area contributed by atoms with Gasteiger partial charge >= 0.3 is 5.97 Å². The number of rotatable bonds is 5. The number of hydrogen-bond donors (Lipinski definition) is 0. The molecule has 0 atom stereocenters. The van der Waals surface area contributed by atoms with Gasteiger partial charge in [-0.15, -0.1) is 0 Å². The van der Waals surface area contributed by atoms with E-state index in [1.807, 2.05) is 37.2 Å². The van der Waals surface area contributed by atoms with Crippen molar-refractivity contribution in [1.29, 1.82) is 0 Å². The van der Waals surface area contributed by atoms with Crippen LogP contribution in [0.1, 0.15) is 16.3 Å². The Hall–Kier alpha value is -3.62. The summed E-state index contributed by atoms with van der Waals surface area (Å²) in [4.78, 5) is 11.6. The van der Waals surface area contributed by atoms with Crippen molar-refractivity contribution in [3.05, 3.63) is 54.5 Å². The van der Waals surface area contributed by atoms with Gasteiger partial charge < -0.3 is 9.15 Å². The van der Waals surface area contributed by atoms with E-state index >= 15 is 0 Å². The number of esters is 1. The van der Waals surface area contributed by atoms with Crippen molar-refractivity contribution in [3.63, 3.8) is 0 Å². The van der Waals surface area contributed by atoms with E-state index in [4.69, 9.17) is 9.52 Å². The number of hydrogen-bond acceptors (Lipinski definition) is 6. The largest absolute Gasteiger partial charge is 0.463 e. The molecule has 0 saturated heterocycles. The van der Waals surface area contributed by atoms with E-state index in [1.165, 1.54) is 7.11 Å². The molecule has 0 aliphatic rings. The van der Waals surface area contributed by atoms with Crippen LogP contribution < -0.4 is 0 Å². The summed E-state index contributed by atoms with van der Waals surface area (Å²) in [6.45, 7) is 0.363. The smallest absolute Gasteiger partial charge is 0.373 e. The third kappa shape index (κ3) is 3.26. The lowest BCUT2D eigenvalue weighted by molar-refractivity contribution is 0.0563. The van der Waals surface area contributed by atoms with Crippen LogP contribution in [0, 0.1) is 0 Å². The molecule has 4 heterocycles. The predicted molar refractivity (Wildman–Crippen MR) is 95.8 cm³/mol. The van der Waals surface area contributed by atoms with Gasteiger partial charge in [0.1, 0.15) is 5.76 Å². The van der Waals surface area contributed by atoms with E-state index in [1.54, 1.807) is 33.9 Å². The number of ether oxygens (including phenoxy) is 1. The molecule has 0 aliphatic carbocycles. The lowest BCUT2D eigenvalue weighted by Gasteiger charge is -2.03. The van der Waals surface area contributed by atoms with Crippen molar-refractivity contribution in [2.75, 3.05) is 7.11 Å². The van der Waals surface area contributed by atoms with Gasteiger partial charge in [0.25, 0.3) is 0 Å². The molecule has 9 nitrogen and oxygen atoms in total. The van der Waals surface area contributed by atoms with Gasteiger partial charge in [-0.2, -0.15) is 15.3 Å². The quantitative estimate of drug-likeness (QED) is 0.502. The van der Waals surface area contributed by atoms with Gasteiger partial charge in [-0.25, -0.2) is 4.79 Å². The molecular weight excluding hydrogens is 348 g/mol. The van der Waals surface area contributed by atoms with Gasteiger partial charge in [0.15, 0.2) is 0 Å². The van der Waals surface area contributed by atoms with Crippen molar-refractivity contribution in [2.45, 2.75) is 6.54 Å². The Balaban J connectivity index is 1.72. The zero-order chi connectivity index (χ0) is 19.0. The Morgan fingerprint density at radius 3 is 2.44 bits per heavy atom. The number of carbonyl (C=O) groups is 1. The van der Waals surface area contributed by atoms with Crippen molar-refractivity contribution >= 4 is 5.97 Å². The fourth-order valence-electron chi connectivity index (χ4n) is 2.84. The zero-order valence-electron chi connectivity index (χ0n) is 15.2. The van der Waals surface area contributed by atoms with Crippen LogP contribution in [0.5, 0.6) is 0 Å². The molecule has 9 heteroatoms. The van der Waals surface area contributed by atoms with Crippen molar-refractivity contribution < 1.29 is 13.9 Å². The van der Waals surface area contributed by atoms with Gasteiger partial charge in [-0.1, -0.05) is 0 Å². The molecule has 0 aliphatic heterocycles. The maximum atomic E-state index is 11.6. The van der Waals surface area contributed by atoms with E-state index in [2.05, 4.69) is 14.9 Å². The van der Waals surface area contributed by atoms with Crippen LogP contribution in [0.15, 0.2) is 47.4 Å². The first-order valence-corrected chi connectivity index (χ1v) is 8.26. The van der Waals surface area contributed by atoms with Crippen LogP contribution in [0.4, 0.5) is 0 Å². The summed E-state index contributed by atoms with van der Waals surface area (Å²) < 4.78 is 15.6. The molecule has 4 aromatic heterocycles. The molecule has 27 heavy (non-hydrogen) atoms. The van der Waals surface area contributed by atoms with Crippen molar-refractivity contribution in [1.82, 2.24) is 29.3 Å². The Morgan fingerprint density at radius 1 is 1.11 bits per heavy atom. The Kier molecular flexibility index (Phi) is 4.11. The first-order valence-electron chi connectivity index (χ1n) is 8.26. The molecule has 0 unspecified atom stereocenters. The molecule has 0 aromatic carbocycles. The summed E-state index contributed by atoms with van der Waals surface area (Å²) in [6, 6.07) is 5.32. The number of methoxy groups -OCH3 is 1. The molecule has 0 fully saturated rings. The maximum Gasteiger partial charge on any atom is 0.373 e. The molecule has 138 valence electrons. The maximum absolute atomic E-state index is 11.6. The van der Waals surface area contributed by atoms with E-state index in [0.717, 1.165) is 22.5 Å². The number of nitrogens with zero attached hydrogens (tertiary/aromatic N) is 6. The van der Waals surface area contributed by atoms with Crippen LogP contribution >= 0.6 is 0 Å². The SMILES string of the molecule is COC(=O)c1ccc(Cn2nc(-c3cnn(C)c3)cc2-c2cnn(C)c2)o1. The lowest BCUT2D eigenvalue weighted by atomic mass is 10.2. The highest BCUT2D eigenvalue weighted by Crippen LogP contribution is 2.26. The number of aromatic nitrogens is 6. The van der Waals surface area contributed by atoms with Crippen LogP contribution in [-0.2, 0) is 25.4 Å². The van der Waals surface area contributed by atoms with Gasteiger partial charge in [0.2, 0.25) is 5.76 Å². The Labute approximate surface area is 154 Å². The van der Waals surface area contributed by atoms with Crippen molar-refractivity contribution in [2.24, 2.45) is 14.1 Å². The first-order chi connectivity index (χ1) is 13.0. The van der Waals surface area contributed by atoms with Crippen LogP contribution in [0.25, 0.3) is 22.5 Å². The molecule has 4 rings (SSSR count). The summed E-state index contributed by atoms with van der Waals surface area (Å²) in [5.74, 6) is 0.252. The average Bonchev–Trinajstić information content (AvgIpc) is 3.42. The highest BCUT2D eigenvalue weighted by molar-refractivity contribution is 5.86. The van der Waals surface area contributed by atoms with Gasteiger partial charge in [-0.05, 0) is 18.2 Å². The van der Waals surface area contributed by atoms with E-state index < -0.39 is 5.97 Å².